The van der Waals surface area contributed by atoms with E-state index in [2.05, 4.69) is 42.5 Å². The Morgan fingerprint density at radius 3 is 2.67 bits per heavy atom. The molecule has 0 radical (unpaired) electrons. The number of hydrogen-bond donors (Lipinski definition) is 0. The average molecular weight is 218 g/mol. The van der Waals surface area contributed by atoms with Crippen LogP contribution in [-0.4, -0.2) is 12.5 Å². The van der Waals surface area contributed by atoms with Gasteiger partial charge in [0.1, 0.15) is 0 Å². The highest BCUT2D eigenvalue weighted by atomic mass is 32.2. The zero-order valence-corrected chi connectivity index (χ0v) is 9.59. The second-order valence-electron chi connectivity index (χ2n) is 3.26. The van der Waals surface area contributed by atoms with Crippen LogP contribution in [0.4, 0.5) is 0 Å². The molecule has 0 atom stereocenters. The SMILES string of the molecule is CCOCSc1ccc2ccccc2c1. The summed E-state index contributed by atoms with van der Waals surface area (Å²) in [5, 5.41) is 2.58. The third-order valence-corrected chi connectivity index (χ3v) is 3.11. The minimum absolute atomic E-state index is 0.731. The summed E-state index contributed by atoms with van der Waals surface area (Å²) in [5.41, 5.74) is 0. The van der Waals surface area contributed by atoms with E-state index >= 15 is 0 Å². The minimum Gasteiger partial charge on any atom is -0.371 e. The van der Waals surface area contributed by atoms with Crippen LogP contribution in [0.3, 0.4) is 0 Å². The van der Waals surface area contributed by atoms with Gasteiger partial charge in [-0.15, -0.1) is 0 Å². The first-order valence-electron chi connectivity index (χ1n) is 5.09. The summed E-state index contributed by atoms with van der Waals surface area (Å²) < 4.78 is 5.31. The molecule has 15 heavy (non-hydrogen) atoms. The molecule has 0 saturated carbocycles. The van der Waals surface area contributed by atoms with Gasteiger partial charge in [-0.25, -0.2) is 0 Å². The smallest absolute Gasteiger partial charge is 0.0966 e. The molecule has 2 aromatic carbocycles. The Hall–Kier alpha value is -0.990. The van der Waals surface area contributed by atoms with E-state index in [-0.39, 0.29) is 0 Å². The highest BCUT2D eigenvalue weighted by Gasteiger charge is 1.96. The number of thioether (sulfide) groups is 1. The molecule has 0 heterocycles. The second-order valence-corrected chi connectivity index (χ2v) is 4.26. The van der Waals surface area contributed by atoms with Crippen molar-refractivity contribution in [2.45, 2.75) is 11.8 Å². The van der Waals surface area contributed by atoms with E-state index < -0.39 is 0 Å². The topological polar surface area (TPSA) is 9.23 Å². The lowest BCUT2D eigenvalue weighted by Gasteiger charge is -2.03. The Morgan fingerprint density at radius 1 is 1.07 bits per heavy atom. The Morgan fingerprint density at radius 2 is 1.87 bits per heavy atom. The molecule has 0 saturated heterocycles. The molecule has 0 fully saturated rings. The molecular formula is C13H14OS. The van der Waals surface area contributed by atoms with Crippen LogP contribution in [0.15, 0.2) is 47.4 Å². The normalized spacial score (nSPS) is 10.7. The van der Waals surface area contributed by atoms with E-state index in [9.17, 15) is 0 Å². The van der Waals surface area contributed by atoms with Crippen molar-refractivity contribution >= 4 is 22.5 Å². The monoisotopic (exact) mass is 218 g/mol. The van der Waals surface area contributed by atoms with Crippen LogP contribution in [0.25, 0.3) is 10.8 Å². The fraction of sp³-hybridized carbons (Fsp3) is 0.231. The first-order valence-corrected chi connectivity index (χ1v) is 6.08. The van der Waals surface area contributed by atoms with E-state index in [0.717, 1.165) is 12.5 Å². The Bertz CT molecular complexity index is 439. The predicted molar refractivity (Wildman–Crippen MR) is 66.3 cm³/mol. The lowest BCUT2D eigenvalue weighted by Crippen LogP contribution is -1.87. The fourth-order valence-corrected chi connectivity index (χ4v) is 2.21. The molecule has 2 heteroatoms. The average Bonchev–Trinajstić information content (AvgIpc) is 2.29. The highest BCUT2D eigenvalue weighted by molar-refractivity contribution is 7.99. The molecule has 0 aromatic heterocycles. The van der Waals surface area contributed by atoms with Crippen molar-refractivity contribution in [1.29, 1.82) is 0 Å². The van der Waals surface area contributed by atoms with Gasteiger partial charge in [0.15, 0.2) is 0 Å². The third kappa shape index (κ3) is 2.74. The zero-order chi connectivity index (χ0) is 10.5. The molecule has 0 aliphatic rings. The molecule has 0 bridgehead atoms. The minimum atomic E-state index is 0.731. The molecule has 0 aliphatic heterocycles. The van der Waals surface area contributed by atoms with E-state index in [4.69, 9.17) is 4.74 Å². The van der Waals surface area contributed by atoms with Gasteiger partial charge in [0, 0.05) is 11.5 Å². The van der Waals surface area contributed by atoms with Crippen LogP contribution in [0.1, 0.15) is 6.92 Å². The standard InChI is InChI=1S/C13H14OS/c1-2-14-10-15-13-8-7-11-5-3-4-6-12(11)9-13/h3-9H,2,10H2,1H3. The Kier molecular flexibility index (Phi) is 3.64. The maximum absolute atomic E-state index is 5.31. The van der Waals surface area contributed by atoms with E-state index in [1.54, 1.807) is 11.8 Å². The summed E-state index contributed by atoms with van der Waals surface area (Å²) >= 11 is 1.74. The van der Waals surface area contributed by atoms with Crippen LogP contribution in [0, 0.1) is 0 Å². The van der Waals surface area contributed by atoms with Crippen LogP contribution in [0.5, 0.6) is 0 Å². The summed E-state index contributed by atoms with van der Waals surface area (Å²) in [6.07, 6.45) is 0. The summed E-state index contributed by atoms with van der Waals surface area (Å²) in [5.74, 6) is 0.731. The Labute approximate surface area is 94.4 Å². The maximum Gasteiger partial charge on any atom is 0.0966 e. The van der Waals surface area contributed by atoms with Crippen molar-refractivity contribution < 1.29 is 4.74 Å². The third-order valence-electron chi connectivity index (χ3n) is 2.23. The lowest BCUT2D eigenvalue weighted by atomic mass is 10.1. The van der Waals surface area contributed by atoms with Crippen LogP contribution < -0.4 is 0 Å². The van der Waals surface area contributed by atoms with Crippen molar-refractivity contribution in [1.82, 2.24) is 0 Å². The molecule has 0 unspecified atom stereocenters. The summed E-state index contributed by atoms with van der Waals surface area (Å²) in [4.78, 5) is 1.27. The molecule has 0 N–H and O–H groups in total. The van der Waals surface area contributed by atoms with Gasteiger partial charge in [0.2, 0.25) is 0 Å². The van der Waals surface area contributed by atoms with Crippen molar-refractivity contribution in [2.75, 3.05) is 12.5 Å². The van der Waals surface area contributed by atoms with Crippen molar-refractivity contribution in [3.63, 3.8) is 0 Å². The van der Waals surface area contributed by atoms with Gasteiger partial charge in [-0.2, -0.15) is 0 Å². The van der Waals surface area contributed by atoms with Gasteiger partial charge in [-0.3, -0.25) is 0 Å². The van der Waals surface area contributed by atoms with Gasteiger partial charge in [0.25, 0.3) is 0 Å². The molecule has 0 spiro atoms. The number of benzene rings is 2. The first-order chi connectivity index (χ1) is 7.40. The predicted octanol–water partition coefficient (Wildman–Crippen LogP) is 3.93. The molecule has 2 rings (SSSR count). The quantitative estimate of drug-likeness (QED) is 0.437. The highest BCUT2D eigenvalue weighted by Crippen LogP contribution is 2.23. The maximum atomic E-state index is 5.31. The number of rotatable bonds is 4. The first kappa shape index (κ1) is 10.5. The molecule has 0 aliphatic carbocycles. The van der Waals surface area contributed by atoms with Crippen molar-refractivity contribution in [3.8, 4) is 0 Å². The van der Waals surface area contributed by atoms with Crippen LogP contribution >= 0.6 is 11.8 Å². The second kappa shape index (κ2) is 5.19. The summed E-state index contributed by atoms with van der Waals surface area (Å²) in [6.45, 7) is 2.79. The van der Waals surface area contributed by atoms with E-state index in [1.165, 1.54) is 15.7 Å². The van der Waals surface area contributed by atoms with Crippen molar-refractivity contribution in [3.05, 3.63) is 42.5 Å². The Balaban J connectivity index is 2.16. The number of hydrogen-bond acceptors (Lipinski definition) is 2. The number of ether oxygens (including phenoxy) is 1. The summed E-state index contributed by atoms with van der Waals surface area (Å²) in [6, 6.07) is 14.9. The van der Waals surface area contributed by atoms with Gasteiger partial charge >= 0.3 is 0 Å². The molecule has 78 valence electrons. The van der Waals surface area contributed by atoms with Crippen molar-refractivity contribution in [2.24, 2.45) is 0 Å². The largest absolute Gasteiger partial charge is 0.371 e. The van der Waals surface area contributed by atoms with E-state index in [1.807, 2.05) is 6.92 Å². The van der Waals surface area contributed by atoms with Gasteiger partial charge in [0.05, 0.1) is 5.94 Å². The molecule has 2 aromatic rings. The molecule has 0 amide bonds. The molecule has 1 nitrogen and oxygen atoms in total. The fourth-order valence-electron chi connectivity index (χ4n) is 1.45. The van der Waals surface area contributed by atoms with Gasteiger partial charge in [-0.1, -0.05) is 42.1 Å². The lowest BCUT2D eigenvalue weighted by molar-refractivity contribution is 0.199. The summed E-state index contributed by atoms with van der Waals surface area (Å²) in [7, 11) is 0. The molecular weight excluding hydrogens is 204 g/mol. The van der Waals surface area contributed by atoms with Crippen LogP contribution in [0.2, 0.25) is 0 Å². The van der Waals surface area contributed by atoms with E-state index in [0.29, 0.717) is 0 Å². The van der Waals surface area contributed by atoms with Gasteiger partial charge < -0.3 is 4.74 Å². The zero-order valence-electron chi connectivity index (χ0n) is 8.77. The van der Waals surface area contributed by atoms with Gasteiger partial charge in [-0.05, 0) is 29.8 Å². The number of fused-ring (bicyclic) bond motifs is 1. The van der Waals surface area contributed by atoms with Crippen LogP contribution in [-0.2, 0) is 4.74 Å².